The summed E-state index contributed by atoms with van der Waals surface area (Å²) in [5.74, 6) is 0.631. The van der Waals surface area contributed by atoms with E-state index in [9.17, 15) is 4.79 Å². The number of nitrogens with one attached hydrogen (secondary N) is 1. The van der Waals surface area contributed by atoms with Gasteiger partial charge in [0.1, 0.15) is 10.8 Å². The number of carbonyl (C=O) groups excluding carboxylic acids is 1. The normalized spacial score (nSPS) is 10.6. The van der Waals surface area contributed by atoms with Crippen molar-refractivity contribution in [3.05, 3.63) is 63.0 Å². The highest BCUT2D eigenvalue weighted by molar-refractivity contribution is 9.10. The molecule has 0 aliphatic heterocycles. The van der Waals surface area contributed by atoms with Crippen molar-refractivity contribution in [3.8, 4) is 16.3 Å². The van der Waals surface area contributed by atoms with Crippen LogP contribution < -0.4 is 10.1 Å². The van der Waals surface area contributed by atoms with Gasteiger partial charge >= 0.3 is 0 Å². The maximum Gasteiger partial charge on any atom is 0.230 e. The summed E-state index contributed by atoms with van der Waals surface area (Å²) in [5.41, 5.74) is 2.22. The van der Waals surface area contributed by atoms with E-state index in [1.54, 1.807) is 12.1 Å². The van der Waals surface area contributed by atoms with E-state index < -0.39 is 0 Å². The Morgan fingerprint density at radius 1 is 1.31 bits per heavy atom. The second kappa shape index (κ2) is 8.66. The number of nitrogens with zero attached hydrogens (tertiary/aromatic N) is 1. The molecule has 3 rings (SSSR count). The molecule has 0 saturated carbocycles. The molecule has 0 radical (unpaired) electrons. The number of halogens is 2. The van der Waals surface area contributed by atoms with Crippen molar-refractivity contribution in [2.24, 2.45) is 0 Å². The highest BCUT2D eigenvalue weighted by Crippen LogP contribution is 2.32. The van der Waals surface area contributed by atoms with Gasteiger partial charge in [0.15, 0.2) is 0 Å². The summed E-state index contributed by atoms with van der Waals surface area (Å²) in [5, 5.41) is 6.02. The maximum absolute atomic E-state index is 12.3. The summed E-state index contributed by atoms with van der Waals surface area (Å²) in [6.45, 7) is 2.53. The second-order valence-electron chi connectivity index (χ2n) is 5.42. The van der Waals surface area contributed by atoms with Gasteiger partial charge in [0, 0.05) is 9.85 Å². The van der Waals surface area contributed by atoms with Crippen LogP contribution in [-0.2, 0) is 11.2 Å². The zero-order valence-electron chi connectivity index (χ0n) is 14.0. The van der Waals surface area contributed by atoms with Gasteiger partial charge in [0.2, 0.25) is 5.91 Å². The molecule has 0 unspecified atom stereocenters. The van der Waals surface area contributed by atoms with E-state index in [-0.39, 0.29) is 12.3 Å². The minimum absolute atomic E-state index is 0.163. The smallest absolute Gasteiger partial charge is 0.230 e. The largest absolute Gasteiger partial charge is 0.493 e. The molecule has 0 atom stereocenters. The molecule has 0 aliphatic carbocycles. The van der Waals surface area contributed by atoms with Crippen molar-refractivity contribution in [2.75, 3.05) is 11.9 Å². The van der Waals surface area contributed by atoms with Crippen LogP contribution in [0.1, 0.15) is 12.6 Å². The topological polar surface area (TPSA) is 51.2 Å². The van der Waals surface area contributed by atoms with Gasteiger partial charge in [-0.05, 0) is 37.3 Å². The number of thiazole rings is 1. The Labute approximate surface area is 169 Å². The summed E-state index contributed by atoms with van der Waals surface area (Å²) in [6.07, 6.45) is 0.180. The van der Waals surface area contributed by atoms with E-state index in [0.29, 0.717) is 23.0 Å². The molecule has 134 valence electrons. The molecule has 1 N–H and O–H groups in total. The van der Waals surface area contributed by atoms with E-state index >= 15 is 0 Å². The van der Waals surface area contributed by atoms with Crippen molar-refractivity contribution in [3.63, 3.8) is 0 Å². The molecule has 2 aromatic carbocycles. The van der Waals surface area contributed by atoms with Crippen LogP contribution in [0.15, 0.2) is 52.3 Å². The zero-order chi connectivity index (χ0) is 18.5. The summed E-state index contributed by atoms with van der Waals surface area (Å²) >= 11 is 11.0. The van der Waals surface area contributed by atoms with Crippen LogP contribution in [0.3, 0.4) is 0 Å². The third kappa shape index (κ3) is 4.63. The average molecular weight is 452 g/mol. The second-order valence-corrected chi connectivity index (χ2v) is 7.60. The van der Waals surface area contributed by atoms with Gasteiger partial charge in [0.25, 0.3) is 0 Å². The summed E-state index contributed by atoms with van der Waals surface area (Å²) in [6, 6.07) is 13.1. The minimum Gasteiger partial charge on any atom is -0.493 e. The minimum atomic E-state index is -0.163. The molecule has 0 bridgehead atoms. The van der Waals surface area contributed by atoms with Crippen LogP contribution in [0.25, 0.3) is 10.6 Å². The van der Waals surface area contributed by atoms with Gasteiger partial charge in [-0.2, -0.15) is 0 Å². The number of anilines is 1. The van der Waals surface area contributed by atoms with Crippen LogP contribution >= 0.6 is 38.9 Å². The number of aromatic nitrogens is 1. The number of carbonyl (C=O) groups is 1. The first-order chi connectivity index (χ1) is 12.6. The zero-order valence-corrected chi connectivity index (χ0v) is 17.1. The monoisotopic (exact) mass is 450 g/mol. The van der Waals surface area contributed by atoms with Crippen LogP contribution in [0.5, 0.6) is 5.75 Å². The lowest BCUT2D eigenvalue weighted by atomic mass is 10.2. The molecular weight excluding hydrogens is 436 g/mol. The highest BCUT2D eigenvalue weighted by atomic mass is 79.9. The van der Waals surface area contributed by atoms with Crippen molar-refractivity contribution >= 4 is 50.5 Å². The van der Waals surface area contributed by atoms with Crippen molar-refractivity contribution in [1.82, 2.24) is 4.98 Å². The standard InChI is InChI=1S/C19H16BrClN2O2S/c1-2-25-17-6-4-3-5-14(17)19-22-13(11-26-19)10-18(24)23-16-8-7-12(20)9-15(16)21/h3-9,11H,2,10H2,1H3,(H,23,24). The average Bonchev–Trinajstić information content (AvgIpc) is 3.06. The molecule has 1 amide bonds. The molecule has 1 heterocycles. The molecule has 0 aliphatic rings. The van der Waals surface area contributed by atoms with E-state index in [4.69, 9.17) is 16.3 Å². The van der Waals surface area contributed by atoms with Crippen LogP contribution in [0.4, 0.5) is 5.69 Å². The molecule has 7 heteroatoms. The summed E-state index contributed by atoms with van der Waals surface area (Å²) in [7, 11) is 0. The van der Waals surface area contributed by atoms with Crippen LogP contribution in [-0.4, -0.2) is 17.5 Å². The molecule has 1 aromatic heterocycles. The number of para-hydroxylation sites is 1. The third-order valence-electron chi connectivity index (χ3n) is 3.52. The van der Waals surface area contributed by atoms with Crippen molar-refractivity contribution in [2.45, 2.75) is 13.3 Å². The molecule has 0 spiro atoms. The van der Waals surface area contributed by atoms with Gasteiger partial charge in [-0.3, -0.25) is 4.79 Å². The van der Waals surface area contributed by atoms with E-state index in [1.807, 2.05) is 42.6 Å². The number of benzene rings is 2. The van der Waals surface area contributed by atoms with Crippen LogP contribution in [0.2, 0.25) is 5.02 Å². The SMILES string of the molecule is CCOc1ccccc1-c1nc(CC(=O)Nc2ccc(Br)cc2Cl)cs1. The summed E-state index contributed by atoms with van der Waals surface area (Å²) in [4.78, 5) is 16.9. The van der Waals surface area contributed by atoms with Gasteiger partial charge in [-0.15, -0.1) is 11.3 Å². The number of amides is 1. The quantitative estimate of drug-likeness (QED) is 0.515. The fourth-order valence-corrected chi connectivity index (χ4v) is 3.96. The van der Waals surface area contributed by atoms with E-state index in [2.05, 4.69) is 26.2 Å². The number of hydrogen-bond donors (Lipinski definition) is 1. The predicted molar refractivity (Wildman–Crippen MR) is 110 cm³/mol. The number of ether oxygens (including phenoxy) is 1. The highest BCUT2D eigenvalue weighted by Gasteiger charge is 2.13. The Bertz CT molecular complexity index is 929. The van der Waals surface area contributed by atoms with Crippen molar-refractivity contribution in [1.29, 1.82) is 0 Å². The first-order valence-electron chi connectivity index (χ1n) is 7.98. The molecular formula is C19H16BrClN2O2S. The fourth-order valence-electron chi connectivity index (χ4n) is 2.39. The maximum atomic E-state index is 12.3. The Morgan fingerprint density at radius 3 is 2.88 bits per heavy atom. The molecule has 4 nitrogen and oxygen atoms in total. The third-order valence-corrected chi connectivity index (χ3v) is 5.25. The Morgan fingerprint density at radius 2 is 2.12 bits per heavy atom. The fraction of sp³-hybridized carbons (Fsp3) is 0.158. The first-order valence-corrected chi connectivity index (χ1v) is 10.0. The lowest BCUT2D eigenvalue weighted by Gasteiger charge is -2.07. The predicted octanol–water partition coefficient (Wildman–Crippen LogP) is 5.81. The first kappa shape index (κ1) is 18.9. The lowest BCUT2D eigenvalue weighted by Crippen LogP contribution is -2.14. The van der Waals surface area contributed by atoms with Gasteiger partial charge in [-0.1, -0.05) is 39.7 Å². The number of hydrogen-bond acceptors (Lipinski definition) is 4. The van der Waals surface area contributed by atoms with Gasteiger partial charge in [-0.25, -0.2) is 4.98 Å². The van der Waals surface area contributed by atoms with Gasteiger partial charge in [0.05, 0.1) is 35.0 Å². The number of rotatable bonds is 6. The molecule has 26 heavy (non-hydrogen) atoms. The molecule has 3 aromatic rings. The van der Waals surface area contributed by atoms with E-state index in [1.165, 1.54) is 11.3 Å². The Hall–Kier alpha value is -1.89. The molecule has 0 fully saturated rings. The molecule has 0 saturated heterocycles. The van der Waals surface area contributed by atoms with E-state index in [0.717, 1.165) is 20.8 Å². The lowest BCUT2D eigenvalue weighted by molar-refractivity contribution is -0.115. The summed E-state index contributed by atoms with van der Waals surface area (Å²) < 4.78 is 6.51. The van der Waals surface area contributed by atoms with Gasteiger partial charge < -0.3 is 10.1 Å². The van der Waals surface area contributed by atoms with Crippen LogP contribution in [0, 0.1) is 0 Å². The Kier molecular flexibility index (Phi) is 6.29. The Balaban J connectivity index is 1.71. The van der Waals surface area contributed by atoms with Crippen molar-refractivity contribution < 1.29 is 9.53 Å².